The van der Waals surface area contributed by atoms with Crippen molar-refractivity contribution >= 4 is 11.8 Å². The molecule has 1 saturated heterocycles. The van der Waals surface area contributed by atoms with Gasteiger partial charge in [0.2, 0.25) is 5.43 Å². The van der Waals surface area contributed by atoms with Crippen molar-refractivity contribution < 1.29 is 32.6 Å². The van der Waals surface area contributed by atoms with Crippen LogP contribution in [0.25, 0.3) is 0 Å². The quantitative estimate of drug-likeness (QED) is 0.504. The van der Waals surface area contributed by atoms with Crippen LogP contribution in [0, 0.1) is 11.6 Å². The summed E-state index contributed by atoms with van der Waals surface area (Å²) in [4.78, 5) is 40.4. The van der Waals surface area contributed by atoms with Crippen LogP contribution >= 0.6 is 0 Å². The van der Waals surface area contributed by atoms with E-state index in [1.165, 1.54) is 24.4 Å². The summed E-state index contributed by atoms with van der Waals surface area (Å²) < 4.78 is 45.9. The van der Waals surface area contributed by atoms with E-state index in [0.717, 1.165) is 12.5 Å². The van der Waals surface area contributed by atoms with Gasteiger partial charge in [-0.05, 0) is 12.5 Å². The van der Waals surface area contributed by atoms with Crippen LogP contribution < -0.4 is 15.5 Å². The van der Waals surface area contributed by atoms with E-state index in [-0.39, 0.29) is 48.9 Å². The van der Waals surface area contributed by atoms with Crippen LogP contribution in [-0.4, -0.2) is 73.7 Å². The highest BCUT2D eigenvalue weighted by Gasteiger charge is 2.58. The fourth-order valence-corrected chi connectivity index (χ4v) is 4.56. The average molecular weight is 521 g/mol. The Hall–Kier alpha value is -3.35. The van der Waals surface area contributed by atoms with Gasteiger partial charge in [0.15, 0.2) is 17.7 Å². The standard InChI is InChI=1S/C25H30F2N4O6/c1-5-6-9-37-21-19-23(34)31(29(2)3)24(35-4)25(13-36-14-25)30(19)12-17(20(21)32)22(33)28-11-15-7-8-16(26)10-18(15)27/h7-8,10,12,24H,5-6,9,11,13-14H2,1-4H3,(H,28,33). The Morgan fingerprint density at radius 1 is 1.27 bits per heavy atom. The molecule has 1 aromatic heterocycles. The van der Waals surface area contributed by atoms with Gasteiger partial charge in [0.1, 0.15) is 22.7 Å². The number of hydrogen-bond acceptors (Lipinski definition) is 7. The second-order valence-corrected chi connectivity index (χ2v) is 9.22. The number of carbonyl (C=O) groups excluding carboxylic acids is 2. The summed E-state index contributed by atoms with van der Waals surface area (Å²) in [5.74, 6) is -3.14. The molecule has 1 N–H and O–H groups in total. The molecule has 37 heavy (non-hydrogen) atoms. The van der Waals surface area contributed by atoms with Gasteiger partial charge >= 0.3 is 0 Å². The number of carbonyl (C=O) groups is 2. The molecule has 12 heteroatoms. The van der Waals surface area contributed by atoms with Gasteiger partial charge in [0, 0.05) is 45.6 Å². The first-order valence-electron chi connectivity index (χ1n) is 11.9. The predicted octanol–water partition coefficient (Wildman–Crippen LogP) is 1.87. The van der Waals surface area contributed by atoms with Crippen LogP contribution in [0.5, 0.6) is 5.75 Å². The zero-order chi connectivity index (χ0) is 26.9. The number of fused-ring (bicyclic) bond motifs is 2. The van der Waals surface area contributed by atoms with E-state index < -0.39 is 40.6 Å². The number of aromatic nitrogens is 1. The van der Waals surface area contributed by atoms with Crippen molar-refractivity contribution in [2.24, 2.45) is 0 Å². The summed E-state index contributed by atoms with van der Waals surface area (Å²) in [6.07, 6.45) is 1.93. The van der Waals surface area contributed by atoms with Crippen molar-refractivity contribution in [1.82, 2.24) is 19.9 Å². The van der Waals surface area contributed by atoms with E-state index in [4.69, 9.17) is 14.2 Å². The zero-order valence-electron chi connectivity index (χ0n) is 21.2. The van der Waals surface area contributed by atoms with Gasteiger partial charge in [-0.2, -0.15) is 0 Å². The van der Waals surface area contributed by atoms with Crippen LogP contribution in [-0.2, 0) is 21.6 Å². The first kappa shape index (κ1) is 26.7. The number of nitrogens with one attached hydrogen (secondary N) is 1. The van der Waals surface area contributed by atoms with Crippen LogP contribution in [0.2, 0.25) is 0 Å². The van der Waals surface area contributed by atoms with Gasteiger partial charge in [-0.3, -0.25) is 14.4 Å². The molecule has 0 saturated carbocycles. The Kier molecular flexibility index (Phi) is 7.62. The molecule has 0 aliphatic carbocycles. The lowest BCUT2D eigenvalue weighted by molar-refractivity contribution is -0.241. The minimum absolute atomic E-state index is 0.00691. The highest BCUT2D eigenvalue weighted by Crippen LogP contribution is 2.41. The number of nitrogens with zero attached hydrogens (tertiary/aromatic N) is 3. The molecule has 0 bridgehead atoms. The summed E-state index contributed by atoms with van der Waals surface area (Å²) in [5, 5.41) is 5.47. The molecule has 0 radical (unpaired) electrons. The number of amides is 2. The Labute approximate surface area is 212 Å². The minimum atomic E-state index is -0.920. The van der Waals surface area contributed by atoms with Gasteiger partial charge in [-0.15, -0.1) is 0 Å². The minimum Gasteiger partial charge on any atom is -0.487 e. The van der Waals surface area contributed by atoms with Crippen LogP contribution in [0.15, 0.2) is 29.2 Å². The lowest BCUT2D eigenvalue weighted by Gasteiger charge is -2.55. The summed E-state index contributed by atoms with van der Waals surface area (Å²) in [7, 11) is 4.82. The molecule has 2 aliphatic heterocycles. The normalized spacial score (nSPS) is 18.1. The number of hydrogen-bond donors (Lipinski definition) is 1. The molecule has 1 unspecified atom stereocenters. The Bertz CT molecular complexity index is 1260. The Morgan fingerprint density at radius 2 is 2.00 bits per heavy atom. The first-order chi connectivity index (χ1) is 17.7. The molecule has 2 amide bonds. The van der Waals surface area contributed by atoms with Crippen molar-refractivity contribution in [3.63, 3.8) is 0 Å². The number of rotatable bonds is 9. The van der Waals surface area contributed by atoms with Crippen LogP contribution in [0.3, 0.4) is 0 Å². The lowest BCUT2D eigenvalue weighted by Crippen LogP contribution is -2.72. The number of unbranched alkanes of at least 4 members (excludes halogenated alkanes) is 1. The molecule has 4 rings (SSSR count). The summed E-state index contributed by atoms with van der Waals surface area (Å²) in [5.41, 5.74) is -1.93. The van der Waals surface area contributed by atoms with Gasteiger partial charge in [-0.1, -0.05) is 19.4 Å². The van der Waals surface area contributed by atoms with Crippen molar-refractivity contribution in [1.29, 1.82) is 0 Å². The fourth-order valence-electron chi connectivity index (χ4n) is 4.56. The van der Waals surface area contributed by atoms with Crippen molar-refractivity contribution in [3.05, 3.63) is 63.1 Å². The molecular formula is C25H30F2N4O6. The molecular weight excluding hydrogens is 490 g/mol. The van der Waals surface area contributed by atoms with Crippen molar-refractivity contribution in [2.75, 3.05) is 41.0 Å². The Morgan fingerprint density at radius 3 is 2.57 bits per heavy atom. The number of ether oxygens (including phenoxy) is 3. The summed E-state index contributed by atoms with van der Waals surface area (Å²) >= 11 is 0. The smallest absolute Gasteiger partial charge is 0.291 e. The van der Waals surface area contributed by atoms with E-state index in [2.05, 4.69) is 5.32 Å². The van der Waals surface area contributed by atoms with Crippen LogP contribution in [0.4, 0.5) is 8.78 Å². The highest BCUT2D eigenvalue weighted by atomic mass is 19.1. The van der Waals surface area contributed by atoms with E-state index in [9.17, 15) is 23.2 Å². The topological polar surface area (TPSA) is 102 Å². The molecule has 1 atom stereocenters. The average Bonchev–Trinajstić information content (AvgIpc) is 2.82. The fraction of sp³-hybridized carbons (Fsp3) is 0.480. The maximum Gasteiger partial charge on any atom is 0.291 e. The summed E-state index contributed by atoms with van der Waals surface area (Å²) in [6, 6.07) is 3.00. The van der Waals surface area contributed by atoms with Gasteiger partial charge in [0.25, 0.3) is 11.8 Å². The third kappa shape index (κ3) is 4.60. The van der Waals surface area contributed by atoms with Gasteiger partial charge in [0.05, 0.1) is 19.8 Å². The van der Waals surface area contributed by atoms with Gasteiger partial charge in [-0.25, -0.2) is 18.8 Å². The van der Waals surface area contributed by atoms with Crippen molar-refractivity contribution in [3.8, 4) is 5.75 Å². The predicted molar refractivity (Wildman–Crippen MR) is 128 cm³/mol. The third-order valence-electron chi connectivity index (χ3n) is 6.54. The number of pyridine rings is 1. The van der Waals surface area contributed by atoms with E-state index in [0.29, 0.717) is 12.5 Å². The highest BCUT2D eigenvalue weighted by molar-refractivity contribution is 5.99. The number of methoxy groups -OCH3 is 1. The maximum atomic E-state index is 14.1. The monoisotopic (exact) mass is 520 g/mol. The largest absolute Gasteiger partial charge is 0.487 e. The molecule has 2 aliphatic rings. The number of halogens is 2. The molecule has 1 fully saturated rings. The van der Waals surface area contributed by atoms with Gasteiger partial charge < -0.3 is 24.1 Å². The summed E-state index contributed by atoms with van der Waals surface area (Å²) in [6.45, 7) is 2.16. The number of hydrazine groups is 1. The molecule has 10 nitrogen and oxygen atoms in total. The SMILES string of the molecule is CCCCOc1c2n(cc(C(=O)NCc3ccc(F)cc3F)c1=O)C1(COC1)C(OC)N(N(C)C)C2=O. The second kappa shape index (κ2) is 10.6. The molecule has 1 aromatic carbocycles. The molecule has 200 valence electrons. The Balaban J connectivity index is 1.81. The lowest BCUT2D eigenvalue weighted by atomic mass is 9.89. The van der Waals surface area contributed by atoms with Crippen molar-refractivity contribution in [2.45, 2.75) is 38.1 Å². The van der Waals surface area contributed by atoms with E-state index in [1.807, 2.05) is 6.92 Å². The first-order valence-corrected chi connectivity index (χ1v) is 11.9. The van der Waals surface area contributed by atoms with E-state index >= 15 is 0 Å². The maximum absolute atomic E-state index is 14.1. The molecule has 3 heterocycles. The molecule has 2 aromatic rings. The molecule has 1 spiro atoms. The number of benzene rings is 1. The second-order valence-electron chi connectivity index (χ2n) is 9.22. The van der Waals surface area contributed by atoms with E-state index in [1.54, 1.807) is 23.7 Å². The third-order valence-corrected chi connectivity index (χ3v) is 6.54. The van der Waals surface area contributed by atoms with Crippen LogP contribution in [0.1, 0.15) is 46.2 Å². The zero-order valence-corrected chi connectivity index (χ0v) is 21.2.